The molecular formula is C13H14BrNO3. The fourth-order valence-corrected chi connectivity index (χ4v) is 2.10. The van der Waals surface area contributed by atoms with Gasteiger partial charge in [-0.2, -0.15) is 0 Å². The molecule has 1 heterocycles. The zero-order chi connectivity index (χ0) is 13.1. The van der Waals surface area contributed by atoms with Crippen LogP contribution in [0, 0.1) is 0 Å². The van der Waals surface area contributed by atoms with E-state index in [2.05, 4.69) is 15.9 Å². The van der Waals surface area contributed by atoms with Crippen LogP contribution in [-0.2, 0) is 16.0 Å². The first-order chi connectivity index (χ1) is 8.60. The third-order valence-electron chi connectivity index (χ3n) is 2.54. The van der Waals surface area contributed by atoms with Gasteiger partial charge in [-0.05, 0) is 31.2 Å². The van der Waals surface area contributed by atoms with Gasteiger partial charge in [0.15, 0.2) is 0 Å². The highest BCUT2D eigenvalue weighted by Gasteiger charge is 2.17. The largest absolute Gasteiger partial charge is 0.465 e. The third kappa shape index (κ3) is 2.91. The average Bonchev–Trinajstić information content (AvgIpc) is 2.70. The summed E-state index contributed by atoms with van der Waals surface area (Å²) in [6.45, 7) is 2.09. The molecule has 0 spiro atoms. The standard InChI is InChI=1S/C13H14BrNO3/c1-2-17-13(16)11(15)7-10-6-8-5-9(14)3-4-12(8)18-10/h3-6,11H,2,7,15H2,1H3. The second-order valence-electron chi connectivity index (χ2n) is 3.96. The molecule has 0 saturated heterocycles. The molecule has 0 saturated carbocycles. The number of esters is 1. The van der Waals surface area contributed by atoms with Crippen molar-refractivity contribution in [2.24, 2.45) is 5.73 Å². The number of nitrogens with two attached hydrogens (primary N) is 1. The average molecular weight is 312 g/mol. The van der Waals surface area contributed by atoms with Crippen molar-refractivity contribution in [2.75, 3.05) is 6.61 Å². The van der Waals surface area contributed by atoms with Gasteiger partial charge in [-0.25, -0.2) is 0 Å². The minimum absolute atomic E-state index is 0.333. The number of furan rings is 1. The van der Waals surface area contributed by atoms with E-state index in [0.717, 1.165) is 15.4 Å². The molecule has 0 aliphatic carbocycles. The molecule has 2 N–H and O–H groups in total. The summed E-state index contributed by atoms with van der Waals surface area (Å²) in [6.07, 6.45) is 0.338. The lowest BCUT2D eigenvalue weighted by atomic mass is 10.1. The minimum atomic E-state index is -0.686. The Bertz CT molecular complexity index is 564. The van der Waals surface area contributed by atoms with Gasteiger partial charge < -0.3 is 14.9 Å². The summed E-state index contributed by atoms with van der Waals surface area (Å²) < 4.78 is 11.5. The molecule has 96 valence electrons. The van der Waals surface area contributed by atoms with Crippen molar-refractivity contribution < 1.29 is 13.9 Å². The third-order valence-corrected chi connectivity index (χ3v) is 3.03. The van der Waals surface area contributed by atoms with E-state index in [1.165, 1.54) is 0 Å². The molecule has 0 aliphatic heterocycles. The molecule has 0 amide bonds. The molecule has 0 bridgehead atoms. The van der Waals surface area contributed by atoms with Crippen LogP contribution in [0.2, 0.25) is 0 Å². The van der Waals surface area contributed by atoms with Crippen LogP contribution in [0.25, 0.3) is 11.0 Å². The Balaban J connectivity index is 2.14. The van der Waals surface area contributed by atoms with Gasteiger partial charge in [-0.15, -0.1) is 0 Å². The van der Waals surface area contributed by atoms with E-state index in [9.17, 15) is 4.79 Å². The van der Waals surface area contributed by atoms with Crippen molar-refractivity contribution in [1.29, 1.82) is 0 Å². The van der Waals surface area contributed by atoms with Gasteiger partial charge in [0.1, 0.15) is 17.4 Å². The normalized spacial score (nSPS) is 12.6. The fraction of sp³-hybridized carbons (Fsp3) is 0.308. The molecule has 2 rings (SSSR count). The number of benzene rings is 1. The molecule has 0 aliphatic rings. The summed E-state index contributed by atoms with van der Waals surface area (Å²) in [5.41, 5.74) is 6.52. The van der Waals surface area contributed by atoms with Crippen LogP contribution < -0.4 is 5.73 Å². The molecule has 1 atom stereocenters. The number of carbonyl (C=O) groups is 1. The predicted molar refractivity (Wildman–Crippen MR) is 72.2 cm³/mol. The lowest BCUT2D eigenvalue weighted by Crippen LogP contribution is -2.34. The van der Waals surface area contributed by atoms with Crippen LogP contribution in [0.5, 0.6) is 0 Å². The highest BCUT2D eigenvalue weighted by atomic mass is 79.9. The molecule has 4 nitrogen and oxygen atoms in total. The molecule has 0 radical (unpaired) electrons. The number of fused-ring (bicyclic) bond motifs is 1. The molecule has 1 aromatic carbocycles. The maximum absolute atomic E-state index is 11.4. The van der Waals surface area contributed by atoms with Crippen molar-refractivity contribution in [2.45, 2.75) is 19.4 Å². The Hall–Kier alpha value is -1.33. The number of halogens is 1. The number of carbonyl (C=O) groups excluding carboxylic acids is 1. The van der Waals surface area contributed by atoms with E-state index in [0.29, 0.717) is 18.8 Å². The van der Waals surface area contributed by atoms with Gasteiger partial charge >= 0.3 is 5.97 Å². The van der Waals surface area contributed by atoms with Crippen LogP contribution in [0.4, 0.5) is 0 Å². The van der Waals surface area contributed by atoms with Crippen molar-refractivity contribution in [1.82, 2.24) is 0 Å². The van der Waals surface area contributed by atoms with Crippen LogP contribution in [0.3, 0.4) is 0 Å². The molecular weight excluding hydrogens is 298 g/mol. The quantitative estimate of drug-likeness (QED) is 0.882. The highest BCUT2D eigenvalue weighted by Crippen LogP contribution is 2.23. The van der Waals surface area contributed by atoms with Crippen molar-refractivity contribution in [3.8, 4) is 0 Å². The topological polar surface area (TPSA) is 65.5 Å². The number of ether oxygens (including phenoxy) is 1. The van der Waals surface area contributed by atoms with E-state index < -0.39 is 12.0 Å². The number of hydrogen-bond acceptors (Lipinski definition) is 4. The molecule has 5 heteroatoms. The number of rotatable bonds is 4. The SMILES string of the molecule is CCOC(=O)C(N)Cc1cc2cc(Br)ccc2o1. The summed E-state index contributed by atoms with van der Waals surface area (Å²) >= 11 is 3.40. The Kier molecular flexibility index (Phi) is 4.04. The summed E-state index contributed by atoms with van der Waals surface area (Å²) in [5.74, 6) is 0.280. The van der Waals surface area contributed by atoms with Crippen molar-refractivity contribution in [3.63, 3.8) is 0 Å². The summed E-state index contributed by atoms with van der Waals surface area (Å²) in [6, 6.07) is 6.94. The summed E-state index contributed by atoms with van der Waals surface area (Å²) in [7, 11) is 0. The predicted octanol–water partition coefficient (Wildman–Crippen LogP) is 2.63. The first-order valence-corrected chi connectivity index (χ1v) is 6.49. The highest BCUT2D eigenvalue weighted by molar-refractivity contribution is 9.10. The Morgan fingerprint density at radius 1 is 1.50 bits per heavy atom. The van der Waals surface area contributed by atoms with Gasteiger partial charge in [0.25, 0.3) is 0 Å². The lowest BCUT2D eigenvalue weighted by Gasteiger charge is -2.08. The summed E-state index contributed by atoms with van der Waals surface area (Å²) in [5, 5.41) is 0.982. The fourth-order valence-electron chi connectivity index (χ4n) is 1.72. The van der Waals surface area contributed by atoms with E-state index in [-0.39, 0.29) is 0 Å². The molecule has 1 unspecified atom stereocenters. The van der Waals surface area contributed by atoms with Crippen molar-refractivity contribution >= 4 is 32.9 Å². The zero-order valence-electron chi connectivity index (χ0n) is 9.98. The second-order valence-corrected chi connectivity index (χ2v) is 4.87. The van der Waals surface area contributed by atoms with Crippen molar-refractivity contribution in [3.05, 3.63) is 34.5 Å². The van der Waals surface area contributed by atoms with Gasteiger partial charge in [-0.3, -0.25) is 4.79 Å². The van der Waals surface area contributed by atoms with E-state index in [1.807, 2.05) is 24.3 Å². The Morgan fingerprint density at radius 2 is 2.28 bits per heavy atom. The van der Waals surface area contributed by atoms with Gasteiger partial charge in [0, 0.05) is 16.3 Å². The van der Waals surface area contributed by atoms with Crippen LogP contribution in [0.1, 0.15) is 12.7 Å². The van der Waals surface area contributed by atoms with Gasteiger partial charge in [0.2, 0.25) is 0 Å². The second kappa shape index (κ2) is 5.54. The Morgan fingerprint density at radius 3 is 3.00 bits per heavy atom. The van der Waals surface area contributed by atoms with Crippen LogP contribution in [0.15, 0.2) is 33.2 Å². The number of hydrogen-bond donors (Lipinski definition) is 1. The first-order valence-electron chi connectivity index (χ1n) is 5.70. The van der Waals surface area contributed by atoms with Gasteiger partial charge in [0.05, 0.1) is 6.61 Å². The molecule has 1 aromatic heterocycles. The monoisotopic (exact) mass is 311 g/mol. The van der Waals surface area contributed by atoms with E-state index >= 15 is 0 Å². The molecule has 0 fully saturated rings. The molecule has 2 aromatic rings. The maximum Gasteiger partial charge on any atom is 0.323 e. The Labute approximate surface area is 113 Å². The lowest BCUT2D eigenvalue weighted by molar-refractivity contribution is -0.144. The minimum Gasteiger partial charge on any atom is -0.465 e. The first kappa shape index (κ1) is 13.1. The van der Waals surface area contributed by atoms with E-state index in [4.69, 9.17) is 14.9 Å². The van der Waals surface area contributed by atoms with E-state index in [1.54, 1.807) is 6.92 Å². The summed E-state index contributed by atoms with van der Waals surface area (Å²) in [4.78, 5) is 11.4. The smallest absolute Gasteiger partial charge is 0.323 e. The van der Waals surface area contributed by atoms with Crippen LogP contribution >= 0.6 is 15.9 Å². The zero-order valence-corrected chi connectivity index (χ0v) is 11.6. The molecule has 18 heavy (non-hydrogen) atoms. The van der Waals surface area contributed by atoms with Gasteiger partial charge in [-0.1, -0.05) is 15.9 Å². The van der Waals surface area contributed by atoms with Crippen LogP contribution in [-0.4, -0.2) is 18.6 Å². The maximum atomic E-state index is 11.4.